The highest BCUT2D eigenvalue weighted by molar-refractivity contribution is 6.32. The van der Waals surface area contributed by atoms with Gasteiger partial charge in [-0.05, 0) is 25.8 Å². The van der Waals surface area contributed by atoms with E-state index < -0.39 is 11.4 Å². The van der Waals surface area contributed by atoms with Crippen LogP contribution in [0.2, 0.25) is 5.02 Å². The zero-order valence-electron chi connectivity index (χ0n) is 10.3. The van der Waals surface area contributed by atoms with Crippen molar-refractivity contribution in [3.63, 3.8) is 0 Å². The van der Waals surface area contributed by atoms with Crippen LogP contribution in [-0.2, 0) is 10.2 Å². The van der Waals surface area contributed by atoms with Gasteiger partial charge in [0.05, 0.1) is 24.2 Å². The van der Waals surface area contributed by atoms with Crippen molar-refractivity contribution >= 4 is 17.6 Å². The smallest absolute Gasteiger partial charge is 0.314 e. The summed E-state index contributed by atoms with van der Waals surface area (Å²) in [6, 6.07) is 3.30. The van der Waals surface area contributed by atoms with E-state index in [1.807, 2.05) is 6.92 Å². The van der Waals surface area contributed by atoms with E-state index in [2.05, 4.69) is 0 Å². The average Bonchev–Trinajstić information content (AvgIpc) is 3.12. The van der Waals surface area contributed by atoms with E-state index >= 15 is 0 Å². The maximum Gasteiger partial charge on any atom is 0.314 e. The van der Waals surface area contributed by atoms with Gasteiger partial charge in [0.1, 0.15) is 11.5 Å². The van der Waals surface area contributed by atoms with Crippen LogP contribution in [0.25, 0.3) is 0 Å². The number of carbonyl (C=O) groups is 1. The minimum absolute atomic E-state index is 0.406. The summed E-state index contributed by atoms with van der Waals surface area (Å²) in [6.45, 7) is 2.32. The summed E-state index contributed by atoms with van der Waals surface area (Å²) in [5.41, 5.74) is -0.192. The molecule has 1 aliphatic carbocycles. The molecule has 0 aliphatic heterocycles. The van der Waals surface area contributed by atoms with Gasteiger partial charge in [0.2, 0.25) is 0 Å². The maximum absolute atomic E-state index is 11.4. The topological polar surface area (TPSA) is 55.8 Å². The Bertz CT molecular complexity index is 480. The van der Waals surface area contributed by atoms with Gasteiger partial charge in [0.25, 0.3) is 0 Å². The summed E-state index contributed by atoms with van der Waals surface area (Å²) >= 11 is 6.07. The Labute approximate surface area is 110 Å². The van der Waals surface area contributed by atoms with Crippen LogP contribution in [0.1, 0.15) is 25.3 Å². The number of halogens is 1. The number of hydrogen-bond donors (Lipinski definition) is 1. The Morgan fingerprint density at radius 1 is 1.44 bits per heavy atom. The van der Waals surface area contributed by atoms with Crippen LogP contribution in [0.3, 0.4) is 0 Å². The van der Waals surface area contributed by atoms with Gasteiger partial charge in [0, 0.05) is 11.6 Å². The number of methoxy groups -OCH3 is 1. The van der Waals surface area contributed by atoms with Gasteiger partial charge in [-0.3, -0.25) is 4.79 Å². The first-order valence-corrected chi connectivity index (χ1v) is 6.17. The molecule has 5 heteroatoms. The van der Waals surface area contributed by atoms with Crippen molar-refractivity contribution in [1.29, 1.82) is 0 Å². The molecule has 1 aliphatic rings. The Hall–Kier alpha value is -1.42. The van der Waals surface area contributed by atoms with E-state index in [0.29, 0.717) is 41.5 Å². The molecule has 0 atom stereocenters. The fourth-order valence-corrected chi connectivity index (χ4v) is 2.30. The Morgan fingerprint density at radius 2 is 2.11 bits per heavy atom. The quantitative estimate of drug-likeness (QED) is 0.894. The lowest BCUT2D eigenvalue weighted by Crippen LogP contribution is -2.20. The third-order valence-electron chi connectivity index (χ3n) is 3.23. The minimum Gasteiger partial charge on any atom is -0.495 e. The van der Waals surface area contributed by atoms with Crippen molar-refractivity contribution < 1.29 is 19.4 Å². The Kier molecular flexibility index (Phi) is 3.39. The van der Waals surface area contributed by atoms with Gasteiger partial charge in [-0.15, -0.1) is 0 Å². The van der Waals surface area contributed by atoms with Crippen molar-refractivity contribution in [2.45, 2.75) is 25.2 Å². The zero-order valence-corrected chi connectivity index (χ0v) is 11.1. The molecule has 0 radical (unpaired) electrons. The van der Waals surface area contributed by atoms with Crippen molar-refractivity contribution in [3.8, 4) is 11.5 Å². The normalized spacial score (nSPS) is 16.2. The Balaban J connectivity index is 2.52. The predicted octanol–water partition coefficient (Wildman–Crippen LogP) is 2.86. The van der Waals surface area contributed by atoms with E-state index in [9.17, 15) is 9.90 Å². The van der Waals surface area contributed by atoms with Gasteiger partial charge in [-0.2, -0.15) is 0 Å². The van der Waals surface area contributed by atoms with Crippen molar-refractivity contribution in [3.05, 3.63) is 22.7 Å². The first kappa shape index (κ1) is 13.0. The summed E-state index contributed by atoms with van der Waals surface area (Å²) in [4.78, 5) is 11.4. The molecular weight excluding hydrogens is 256 g/mol. The van der Waals surface area contributed by atoms with Crippen LogP contribution >= 0.6 is 11.6 Å². The summed E-state index contributed by atoms with van der Waals surface area (Å²) in [7, 11) is 1.51. The molecule has 2 rings (SSSR count). The van der Waals surface area contributed by atoms with Crippen LogP contribution < -0.4 is 9.47 Å². The zero-order chi connectivity index (χ0) is 13.3. The molecule has 1 aromatic carbocycles. The molecule has 1 aromatic rings. The van der Waals surface area contributed by atoms with Gasteiger partial charge >= 0.3 is 5.97 Å². The molecule has 1 N–H and O–H groups in total. The molecule has 0 unspecified atom stereocenters. The summed E-state index contributed by atoms with van der Waals surface area (Å²) in [5, 5.41) is 9.74. The standard InChI is InChI=1S/C13H15ClO4/c1-3-18-10-7-11(17-2)9(14)6-8(10)13(4-5-13)12(15)16/h6-7H,3-5H2,1-2H3,(H,15,16). The van der Waals surface area contributed by atoms with E-state index in [1.54, 1.807) is 12.1 Å². The van der Waals surface area contributed by atoms with Gasteiger partial charge < -0.3 is 14.6 Å². The van der Waals surface area contributed by atoms with Crippen LogP contribution in [0.4, 0.5) is 0 Å². The lowest BCUT2D eigenvalue weighted by Gasteiger charge is -2.17. The fraction of sp³-hybridized carbons (Fsp3) is 0.462. The molecule has 0 spiro atoms. The largest absolute Gasteiger partial charge is 0.495 e. The average molecular weight is 271 g/mol. The maximum atomic E-state index is 11.4. The third kappa shape index (κ3) is 2.01. The number of carboxylic acids is 1. The molecule has 0 aromatic heterocycles. The van der Waals surface area contributed by atoms with Crippen LogP contribution in [0, 0.1) is 0 Å². The van der Waals surface area contributed by atoms with E-state index in [1.165, 1.54) is 7.11 Å². The molecule has 0 heterocycles. The molecule has 1 saturated carbocycles. The summed E-state index contributed by atoms with van der Waals surface area (Å²) in [6.07, 6.45) is 1.23. The molecular formula is C13H15ClO4. The number of hydrogen-bond acceptors (Lipinski definition) is 3. The van der Waals surface area contributed by atoms with E-state index in [4.69, 9.17) is 21.1 Å². The van der Waals surface area contributed by atoms with Gasteiger partial charge in [-0.1, -0.05) is 11.6 Å². The third-order valence-corrected chi connectivity index (χ3v) is 3.52. The molecule has 0 amide bonds. The van der Waals surface area contributed by atoms with Gasteiger partial charge in [-0.25, -0.2) is 0 Å². The summed E-state index contributed by atoms with van der Waals surface area (Å²) < 4.78 is 10.6. The second-order valence-corrected chi connectivity index (χ2v) is 4.71. The monoisotopic (exact) mass is 270 g/mol. The number of aliphatic carboxylic acids is 1. The number of benzene rings is 1. The van der Waals surface area contributed by atoms with Crippen LogP contribution in [0.15, 0.2) is 12.1 Å². The molecule has 0 bridgehead atoms. The molecule has 4 nitrogen and oxygen atoms in total. The van der Waals surface area contributed by atoms with Crippen molar-refractivity contribution in [1.82, 2.24) is 0 Å². The second-order valence-electron chi connectivity index (χ2n) is 4.30. The van der Waals surface area contributed by atoms with E-state index in [0.717, 1.165) is 0 Å². The first-order chi connectivity index (χ1) is 8.55. The number of ether oxygens (including phenoxy) is 2. The molecule has 18 heavy (non-hydrogen) atoms. The van der Waals surface area contributed by atoms with Crippen LogP contribution in [0.5, 0.6) is 11.5 Å². The molecule has 1 fully saturated rings. The first-order valence-electron chi connectivity index (χ1n) is 5.79. The molecule has 98 valence electrons. The van der Waals surface area contributed by atoms with Crippen molar-refractivity contribution in [2.24, 2.45) is 0 Å². The lowest BCUT2D eigenvalue weighted by molar-refractivity contribution is -0.140. The number of carboxylic acid groups (broad SMARTS) is 1. The SMILES string of the molecule is CCOc1cc(OC)c(Cl)cc1C1(C(=O)O)CC1. The highest BCUT2D eigenvalue weighted by Crippen LogP contribution is 2.53. The van der Waals surface area contributed by atoms with E-state index in [-0.39, 0.29) is 0 Å². The molecule has 0 saturated heterocycles. The minimum atomic E-state index is -0.833. The highest BCUT2D eigenvalue weighted by atomic mass is 35.5. The lowest BCUT2D eigenvalue weighted by atomic mass is 9.95. The van der Waals surface area contributed by atoms with Gasteiger partial charge in [0.15, 0.2) is 0 Å². The number of rotatable bonds is 5. The second kappa shape index (κ2) is 4.69. The van der Waals surface area contributed by atoms with Crippen LogP contribution in [-0.4, -0.2) is 24.8 Å². The highest BCUT2D eigenvalue weighted by Gasteiger charge is 2.53. The summed E-state index contributed by atoms with van der Waals surface area (Å²) in [5.74, 6) is 0.202. The van der Waals surface area contributed by atoms with Crippen molar-refractivity contribution in [2.75, 3.05) is 13.7 Å². The predicted molar refractivity (Wildman–Crippen MR) is 67.7 cm³/mol. The Morgan fingerprint density at radius 3 is 2.56 bits per heavy atom. The fourth-order valence-electron chi connectivity index (χ4n) is 2.06.